The van der Waals surface area contributed by atoms with Crippen LogP contribution in [0.4, 0.5) is 0 Å². The Kier molecular flexibility index (Phi) is 6.11. The van der Waals surface area contributed by atoms with Gasteiger partial charge in [-0.05, 0) is 36.1 Å². The normalized spacial score (nSPS) is 13.4. The molecule has 2 heteroatoms. The van der Waals surface area contributed by atoms with Crippen molar-refractivity contribution in [3.63, 3.8) is 0 Å². The van der Waals surface area contributed by atoms with Gasteiger partial charge in [0.15, 0.2) is 0 Å². The zero-order chi connectivity index (χ0) is 16.6. The fourth-order valence-electron chi connectivity index (χ4n) is 2.77. The van der Waals surface area contributed by atoms with Crippen molar-refractivity contribution in [2.45, 2.75) is 29.1 Å². The van der Waals surface area contributed by atoms with Gasteiger partial charge in [0.2, 0.25) is 0 Å². The maximum atomic E-state index is 10.9. The number of hydrogen-bond acceptors (Lipinski definition) is 2. The molecule has 0 aliphatic heterocycles. The van der Waals surface area contributed by atoms with Crippen LogP contribution in [0.25, 0.3) is 0 Å². The molecule has 1 N–H and O–H groups in total. The Morgan fingerprint density at radius 2 is 1.25 bits per heavy atom. The predicted molar refractivity (Wildman–Crippen MR) is 102 cm³/mol. The van der Waals surface area contributed by atoms with Crippen molar-refractivity contribution in [1.82, 2.24) is 0 Å². The van der Waals surface area contributed by atoms with Gasteiger partial charge >= 0.3 is 0 Å². The summed E-state index contributed by atoms with van der Waals surface area (Å²) in [5, 5.41) is 11.0. The van der Waals surface area contributed by atoms with Crippen LogP contribution in [0.2, 0.25) is 0 Å². The Bertz CT molecular complexity index is 713. The fourth-order valence-corrected chi connectivity index (χ4v) is 3.96. The lowest BCUT2D eigenvalue weighted by Gasteiger charge is -2.23. The first-order chi connectivity index (χ1) is 11.8. The second-order valence-corrected chi connectivity index (χ2v) is 7.16. The summed E-state index contributed by atoms with van der Waals surface area (Å²) in [6.07, 6.45) is 1.43. The highest BCUT2D eigenvalue weighted by atomic mass is 32.2. The molecule has 1 nitrogen and oxygen atoms in total. The standard InChI is InChI=1S/C22H22OS/c23-22(19-12-6-2-7-13-19)21(24-20-14-8-3-9-15-20)17-16-18-10-4-1-5-11-18/h1-15,21-23H,16-17H2/t21-,22-/m0/s1. The Morgan fingerprint density at radius 1 is 0.708 bits per heavy atom. The van der Waals surface area contributed by atoms with E-state index in [-0.39, 0.29) is 5.25 Å². The van der Waals surface area contributed by atoms with Crippen LogP contribution in [0.1, 0.15) is 23.7 Å². The van der Waals surface area contributed by atoms with Crippen LogP contribution in [-0.2, 0) is 6.42 Å². The molecule has 0 aromatic heterocycles. The number of hydrogen-bond donors (Lipinski definition) is 1. The number of rotatable bonds is 7. The molecule has 0 aliphatic carbocycles. The van der Waals surface area contributed by atoms with Gasteiger partial charge in [-0.1, -0.05) is 78.9 Å². The van der Waals surface area contributed by atoms with Gasteiger partial charge in [-0.3, -0.25) is 0 Å². The summed E-state index contributed by atoms with van der Waals surface area (Å²) in [7, 11) is 0. The minimum absolute atomic E-state index is 0.120. The molecular formula is C22H22OS. The average Bonchev–Trinajstić information content (AvgIpc) is 2.67. The van der Waals surface area contributed by atoms with Gasteiger partial charge in [0.05, 0.1) is 6.10 Å². The van der Waals surface area contributed by atoms with Crippen molar-refractivity contribution in [2.75, 3.05) is 0 Å². The molecule has 3 rings (SSSR count). The van der Waals surface area contributed by atoms with Crippen molar-refractivity contribution in [2.24, 2.45) is 0 Å². The van der Waals surface area contributed by atoms with Gasteiger partial charge in [0.1, 0.15) is 0 Å². The van der Waals surface area contributed by atoms with Crippen molar-refractivity contribution >= 4 is 11.8 Å². The van der Waals surface area contributed by atoms with E-state index in [9.17, 15) is 5.11 Å². The first-order valence-corrected chi connectivity index (χ1v) is 9.19. The predicted octanol–water partition coefficient (Wildman–Crippen LogP) is 5.51. The quantitative estimate of drug-likeness (QED) is 0.575. The third-order valence-electron chi connectivity index (χ3n) is 4.08. The highest BCUT2D eigenvalue weighted by molar-refractivity contribution is 8.00. The van der Waals surface area contributed by atoms with E-state index in [0.717, 1.165) is 18.4 Å². The largest absolute Gasteiger partial charge is 0.387 e. The van der Waals surface area contributed by atoms with Crippen LogP contribution in [0.3, 0.4) is 0 Å². The molecule has 0 fully saturated rings. The van der Waals surface area contributed by atoms with Crippen LogP contribution in [0.5, 0.6) is 0 Å². The van der Waals surface area contributed by atoms with Crippen molar-refractivity contribution in [3.8, 4) is 0 Å². The molecular weight excluding hydrogens is 312 g/mol. The summed E-state index contributed by atoms with van der Waals surface area (Å²) in [5.41, 5.74) is 2.30. The number of thioether (sulfide) groups is 1. The smallest absolute Gasteiger partial charge is 0.0912 e. The lowest BCUT2D eigenvalue weighted by atomic mass is 10.0. The molecule has 0 saturated heterocycles. The maximum absolute atomic E-state index is 10.9. The molecule has 0 saturated carbocycles. The molecule has 24 heavy (non-hydrogen) atoms. The summed E-state index contributed by atoms with van der Waals surface area (Å²) < 4.78 is 0. The molecule has 0 radical (unpaired) electrons. The molecule has 0 unspecified atom stereocenters. The Hall–Kier alpha value is -2.03. The van der Waals surface area contributed by atoms with Crippen LogP contribution in [-0.4, -0.2) is 10.4 Å². The first-order valence-electron chi connectivity index (χ1n) is 8.31. The lowest BCUT2D eigenvalue weighted by molar-refractivity contribution is 0.171. The second-order valence-electron chi connectivity index (χ2n) is 5.85. The number of aliphatic hydroxyl groups excluding tert-OH is 1. The third-order valence-corrected chi connectivity index (χ3v) is 5.42. The molecule has 2 atom stereocenters. The van der Waals surface area contributed by atoms with Crippen LogP contribution in [0.15, 0.2) is 95.9 Å². The van der Waals surface area contributed by atoms with Crippen molar-refractivity contribution < 1.29 is 5.11 Å². The Labute approximate surface area is 148 Å². The van der Waals surface area contributed by atoms with Crippen LogP contribution >= 0.6 is 11.8 Å². The molecule has 0 bridgehead atoms. The Balaban J connectivity index is 1.75. The van der Waals surface area contributed by atoms with Gasteiger partial charge in [0, 0.05) is 10.1 Å². The van der Waals surface area contributed by atoms with Gasteiger partial charge in [0.25, 0.3) is 0 Å². The molecule has 3 aromatic rings. The number of benzene rings is 3. The summed E-state index contributed by atoms with van der Waals surface area (Å²) in [4.78, 5) is 1.20. The van der Waals surface area contributed by atoms with E-state index >= 15 is 0 Å². The highest BCUT2D eigenvalue weighted by Crippen LogP contribution is 2.35. The van der Waals surface area contributed by atoms with Gasteiger partial charge in [-0.2, -0.15) is 0 Å². The topological polar surface area (TPSA) is 20.2 Å². The number of aryl methyl sites for hydroxylation is 1. The van der Waals surface area contributed by atoms with E-state index in [4.69, 9.17) is 0 Å². The van der Waals surface area contributed by atoms with Crippen LogP contribution < -0.4 is 0 Å². The molecule has 3 aromatic carbocycles. The van der Waals surface area contributed by atoms with E-state index in [1.807, 2.05) is 54.6 Å². The number of aliphatic hydroxyl groups is 1. The minimum Gasteiger partial charge on any atom is -0.387 e. The van der Waals surface area contributed by atoms with E-state index in [0.29, 0.717) is 0 Å². The zero-order valence-corrected chi connectivity index (χ0v) is 14.4. The SMILES string of the molecule is O[C@@H](c1ccccc1)[C@H](CCc1ccccc1)Sc1ccccc1. The maximum Gasteiger partial charge on any atom is 0.0912 e. The van der Waals surface area contributed by atoms with Gasteiger partial charge in [-0.15, -0.1) is 11.8 Å². The lowest BCUT2D eigenvalue weighted by Crippen LogP contribution is -2.16. The van der Waals surface area contributed by atoms with E-state index < -0.39 is 6.10 Å². The molecule has 0 spiro atoms. The molecule has 0 amide bonds. The molecule has 0 aliphatic rings. The minimum atomic E-state index is -0.472. The van der Waals surface area contributed by atoms with Gasteiger partial charge < -0.3 is 5.11 Å². The van der Waals surface area contributed by atoms with Crippen molar-refractivity contribution in [3.05, 3.63) is 102 Å². The monoisotopic (exact) mass is 334 g/mol. The molecule has 0 heterocycles. The fraction of sp³-hybridized carbons (Fsp3) is 0.182. The second kappa shape index (κ2) is 8.72. The average molecular weight is 334 g/mol. The molecule has 122 valence electrons. The summed E-state index contributed by atoms with van der Waals surface area (Å²) >= 11 is 1.76. The summed E-state index contributed by atoms with van der Waals surface area (Å²) in [5.74, 6) is 0. The van der Waals surface area contributed by atoms with E-state index in [2.05, 4.69) is 36.4 Å². The highest BCUT2D eigenvalue weighted by Gasteiger charge is 2.22. The van der Waals surface area contributed by atoms with Crippen LogP contribution in [0, 0.1) is 0 Å². The Morgan fingerprint density at radius 3 is 1.88 bits per heavy atom. The van der Waals surface area contributed by atoms with E-state index in [1.54, 1.807) is 11.8 Å². The van der Waals surface area contributed by atoms with E-state index in [1.165, 1.54) is 10.5 Å². The third kappa shape index (κ3) is 4.73. The van der Waals surface area contributed by atoms with Gasteiger partial charge in [-0.25, -0.2) is 0 Å². The zero-order valence-electron chi connectivity index (χ0n) is 13.6. The first kappa shape index (κ1) is 16.8. The summed E-state index contributed by atoms with van der Waals surface area (Å²) in [6.45, 7) is 0. The van der Waals surface area contributed by atoms with Crippen molar-refractivity contribution in [1.29, 1.82) is 0 Å². The summed E-state index contributed by atoms with van der Waals surface area (Å²) in [6, 6.07) is 30.8.